The van der Waals surface area contributed by atoms with E-state index in [0.29, 0.717) is 6.42 Å². The molecule has 1 atom stereocenters. The summed E-state index contributed by atoms with van der Waals surface area (Å²) in [6.07, 6.45) is 4.36. The first-order chi connectivity index (χ1) is 9.05. The van der Waals surface area contributed by atoms with Crippen molar-refractivity contribution in [1.29, 1.82) is 0 Å². The van der Waals surface area contributed by atoms with Crippen LogP contribution in [0.4, 0.5) is 0 Å². The number of esters is 1. The van der Waals surface area contributed by atoms with Crippen LogP contribution in [0.15, 0.2) is 0 Å². The van der Waals surface area contributed by atoms with Gasteiger partial charge in [0.15, 0.2) is 0 Å². The Kier molecular flexibility index (Phi) is 6.28. The third kappa shape index (κ3) is 4.82. The molecule has 0 saturated carbocycles. The Bertz CT molecular complexity index is 308. The van der Waals surface area contributed by atoms with Crippen molar-refractivity contribution in [2.24, 2.45) is 0 Å². The van der Waals surface area contributed by atoms with Gasteiger partial charge in [-0.2, -0.15) is 0 Å². The molecule has 19 heavy (non-hydrogen) atoms. The maximum atomic E-state index is 12.1. The molecule has 1 heterocycles. The van der Waals surface area contributed by atoms with Gasteiger partial charge in [-0.15, -0.1) is 0 Å². The lowest BCUT2D eigenvalue weighted by molar-refractivity contribution is -0.142. The van der Waals surface area contributed by atoms with Gasteiger partial charge < -0.3 is 15.4 Å². The van der Waals surface area contributed by atoms with E-state index < -0.39 is 5.54 Å². The molecule has 110 valence electrons. The molecule has 1 saturated heterocycles. The van der Waals surface area contributed by atoms with Gasteiger partial charge in [0.25, 0.3) is 0 Å². The van der Waals surface area contributed by atoms with Crippen LogP contribution in [0.25, 0.3) is 0 Å². The predicted octanol–water partition coefficient (Wildman–Crippen LogP) is 1.37. The van der Waals surface area contributed by atoms with Gasteiger partial charge in [-0.05, 0) is 32.2 Å². The third-order valence-corrected chi connectivity index (χ3v) is 4.06. The maximum Gasteiger partial charge on any atom is 0.307 e. The van der Waals surface area contributed by atoms with E-state index in [1.165, 1.54) is 7.11 Å². The van der Waals surface area contributed by atoms with Crippen molar-refractivity contribution in [3.63, 3.8) is 0 Å². The van der Waals surface area contributed by atoms with Crippen LogP contribution in [0.3, 0.4) is 0 Å². The maximum absolute atomic E-state index is 12.1. The van der Waals surface area contributed by atoms with E-state index in [4.69, 9.17) is 4.74 Å². The van der Waals surface area contributed by atoms with Crippen molar-refractivity contribution >= 4 is 11.9 Å². The zero-order valence-corrected chi connectivity index (χ0v) is 12.3. The Hall–Kier alpha value is -1.10. The van der Waals surface area contributed by atoms with E-state index in [9.17, 15) is 9.59 Å². The van der Waals surface area contributed by atoms with Crippen molar-refractivity contribution in [3.05, 3.63) is 0 Å². The van der Waals surface area contributed by atoms with Crippen LogP contribution in [0, 0.1) is 0 Å². The Balaban J connectivity index is 2.55. The van der Waals surface area contributed by atoms with Crippen LogP contribution in [0.5, 0.6) is 0 Å². The highest BCUT2D eigenvalue weighted by molar-refractivity contribution is 5.79. The number of amides is 1. The first-order valence-electron chi connectivity index (χ1n) is 7.16. The standard InChI is InChI=1S/C14H26N2O3/c1-4-14(5-2,10-13(18)19-3)16-12(17)9-11-7-6-8-15-11/h11,15H,4-10H2,1-3H3,(H,16,17). The SMILES string of the molecule is CCC(CC)(CC(=O)OC)NC(=O)CC1CCCN1. The highest BCUT2D eigenvalue weighted by Gasteiger charge is 2.32. The van der Waals surface area contributed by atoms with Crippen molar-refractivity contribution in [2.45, 2.75) is 64.0 Å². The first kappa shape index (κ1) is 16.0. The minimum absolute atomic E-state index is 0.0204. The second-order valence-electron chi connectivity index (χ2n) is 5.29. The fourth-order valence-electron chi connectivity index (χ4n) is 2.57. The molecule has 2 N–H and O–H groups in total. The smallest absolute Gasteiger partial charge is 0.307 e. The van der Waals surface area contributed by atoms with Crippen LogP contribution in [0.1, 0.15) is 52.4 Å². The lowest BCUT2D eigenvalue weighted by Gasteiger charge is -2.32. The summed E-state index contributed by atoms with van der Waals surface area (Å²) in [4.78, 5) is 23.6. The van der Waals surface area contributed by atoms with Gasteiger partial charge in [0.1, 0.15) is 0 Å². The molecular formula is C14H26N2O3. The minimum Gasteiger partial charge on any atom is -0.469 e. The number of carbonyl (C=O) groups excluding carboxylic acids is 2. The molecule has 1 unspecified atom stereocenters. The largest absolute Gasteiger partial charge is 0.469 e. The molecular weight excluding hydrogens is 244 g/mol. The van der Waals surface area contributed by atoms with Crippen molar-refractivity contribution in [3.8, 4) is 0 Å². The van der Waals surface area contributed by atoms with Crippen LogP contribution < -0.4 is 10.6 Å². The number of carbonyl (C=O) groups is 2. The Morgan fingerprint density at radius 3 is 2.53 bits per heavy atom. The van der Waals surface area contributed by atoms with E-state index >= 15 is 0 Å². The van der Waals surface area contributed by atoms with Crippen molar-refractivity contribution in [1.82, 2.24) is 10.6 Å². The summed E-state index contributed by atoms with van der Waals surface area (Å²) in [6, 6.07) is 0.282. The molecule has 5 heteroatoms. The molecule has 5 nitrogen and oxygen atoms in total. The minimum atomic E-state index is -0.469. The number of nitrogens with one attached hydrogen (secondary N) is 2. The van der Waals surface area contributed by atoms with E-state index in [1.807, 2.05) is 13.8 Å². The van der Waals surface area contributed by atoms with E-state index in [2.05, 4.69) is 10.6 Å². The second-order valence-corrected chi connectivity index (χ2v) is 5.29. The predicted molar refractivity (Wildman–Crippen MR) is 73.7 cm³/mol. The zero-order chi connectivity index (χ0) is 14.3. The molecule has 0 aromatic heterocycles. The highest BCUT2D eigenvalue weighted by atomic mass is 16.5. The van der Waals surface area contributed by atoms with Gasteiger partial charge in [-0.3, -0.25) is 9.59 Å². The van der Waals surface area contributed by atoms with Gasteiger partial charge in [0.2, 0.25) is 5.91 Å². The lowest BCUT2D eigenvalue weighted by atomic mass is 9.88. The Morgan fingerprint density at radius 2 is 2.05 bits per heavy atom. The van der Waals surface area contributed by atoms with Gasteiger partial charge in [0, 0.05) is 18.0 Å². The van der Waals surface area contributed by atoms with Gasteiger partial charge in [-0.25, -0.2) is 0 Å². The molecule has 1 fully saturated rings. The van der Waals surface area contributed by atoms with Crippen LogP contribution in [0.2, 0.25) is 0 Å². The summed E-state index contributed by atoms with van der Waals surface area (Å²) >= 11 is 0. The quantitative estimate of drug-likeness (QED) is 0.686. The summed E-state index contributed by atoms with van der Waals surface area (Å²) in [6.45, 7) is 4.97. The lowest BCUT2D eigenvalue weighted by Crippen LogP contribution is -2.50. The van der Waals surface area contributed by atoms with E-state index in [-0.39, 0.29) is 24.3 Å². The summed E-state index contributed by atoms with van der Waals surface area (Å²) in [7, 11) is 1.38. The van der Waals surface area contributed by atoms with E-state index in [1.54, 1.807) is 0 Å². The molecule has 1 rings (SSSR count). The van der Waals surface area contributed by atoms with Crippen LogP contribution in [-0.2, 0) is 14.3 Å². The number of rotatable bonds is 7. The molecule has 0 bridgehead atoms. The Labute approximate surface area is 115 Å². The molecule has 0 spiro atoms. The average molecular weight is 270 g/mol. The van der Waals surface area contributed by atoms with Crippen molar-refractivity contribution < 1.29 is 14.3 Å². The topological polar surface area (TPSA) is 67.4 Å². The number of hydrogen-bond donors (Lipinski definition) is 2. The number of methoxy groups -OCH3 is 1. The molecule has 1 amide bonds. The number of hydrogen-bond acceptors (Lipinski definition) is 4. The summed E-state index contributed by atoms with van der Waals surface area (Å²) in [5.41, 5.74) is -0.469. The molecule has 0 aromatic carbocycles. The van der Waals surface area contributed by atoms with Crippen molar-refractivity contribution in [2.75, 3.05) is 13.7 Å². The van der Waals surface area contributed by atoms with E-state index in [0.717, 1.165) is 32.2 Å². The molecule has 0 aromatic rings. The highest BCUT2D eigenvalue weighted by Crippen LogP contribution is 2.21. The number of ether oxygens (including phenoxy) is 1. The zero-order valence-electron chi connectivity index (χ0n) is 12.3. The fourth-order valence-corrected chi connectivity index (χ4v) is 2.57. The third-order valence-electron chi connectivity index (χ3n) is 4.06. The second kappa shape index (κ2) is 7.48. The molecule has 0 aliphatic carbocycles. The van der Waals surface area contributed by atoms with Gasteiger partial charge in [0.05, 0.1) is 13.5 Å². The average Bonchev–Trinajstić information content (AvgIpc) is 2.90. The Morgan fingerprint density at radius 1 is 1.37 bits per heavy atom. The van der Waals surface area contributed by atoms with Gasteiger partial charge in [-0.1, -0.05) is 13.8 Å². The first-order valence-corrected chi connectivity index (χ1v) is 7.16. The molecule has 1 aliphatic heterocycles. The molecule has 0 radical (unpaired) electrons. The summed E-state index contributed by atoms with van der Waals surface area (Å²) in [5, 5.41) is 6.35. The van der Waals surface area contributed by atoms with Crippen LogP contribution >= 0.6 is 0 Å². The van der Waals surface area contributed by atoms with Gasteiger partial charge >= 0.3 is 5.97 Å². The summed E-state index contributed by atoms with van der Waals surface area (Å²) in [5.74, 6) is -0.255. The normalized spacial score (nSPS) is 19.2. The molecule has 1 aliphatic rings. The fraction of sp³-hybridized carbons (Fsp3) is 0.857. The summed E-state index contributed by atoms with van der Waals surface area (Å²) < 4.78 is 4.72. The van der Waals surface area contributed by atoms with Crippen LogP contribution in [-0.4, -0.2) is 37.1 Å². The monoisotopic (exact) mass is 270 g/mol.